The molecule has 0 aliphatic rings. The summed E-state index contributed by atoms with van der Waals surface area (Å²) in [6.07, 6.45) is 0.798. The second kappa shape index (κ2) is 6.02. The summed E-state index contributed by atoms with van der Waals surface area (Å²) in [4.78, 5) is 15.6. The monoisotopic (exact) mass is 318 g/mol. The predicted octanol–water partition coefficient (Wildman–Crippen LogP) is 0.871. The fourth-order valence-electron chi connectivity index (χ4n) is 1.49. The Morgan fingerprint density at radius 1 is 1.43 bits per heavy atom. The van der Waals surface area contributed by atoms with Crippen molar-refractivity contribution in [3.63, 3.8) is 0 Å². The molecule has 21 heavy (non-hydrogen) atoms. The van der Waals surface area contributed by atoms with Crippen molar-refractivity contribution in [2.45, 2.75) is 39.8 Å². The number of hydrogen-bond donors (Lipinski definition) is 1. The fraction of sp³-hybridized carbons (Fsp3) is 0.667. The number of amides is 1. The van der Waals surface area contributed by atoms with E-state index < -0.39 is 21.9 Å². The summed E-state index contributed by atoms with van der Waals surface area (Å²) in [5, 5.41) is 2.53. The Morgan fingerprint density at radius 3 is 2.48 bits per heavy atom. The van der Waals surface area contributed by atoms with Crippen molar-refractivity contribution in [2.24, 2.45) is 0 Å². The number of rotatable bonds is 4. The van der Waals surface area contributed by atoms with E-state index in [1.807, 2.05) is 0 Å². The van der Waals surface area contributed by atoms with E-state index in [0.29, 0.717) is 11.5 Å². The SMILES string of the molecule is Cc1nc(CNC(=O)OC(C)(C)C)cn1S(=O)(=O)N(C)C. The Bertz CT molecular complexity index is 614. The van der Waals surface area contributed by atoms with Crippen molar-refractivity contribution in [3.8, 4) is 0 Å². The largest absolute Gasteiger partial charge is 0.444 e. The standard InChI is InChI=1S/C12H22N4O4S/c1-9-14-10(7-13-11(17)20-12(2,3)4)8-16(9)21(18,19)15(5)6/h8H,7H2,1-6H3,(H,13,17). The van der Waals surface area contributed by atoms with Gasteiger partial charge in [-0.3, -0.25) is 0 Å². The van der Waals surface area contributed by atoms with E-state index in [4.69, 9.17) is 4.74 Å². The molecule has 8 nitrogen and oxygen atoms in total. The highest BCUT2D eigenvalue weighted by atomic mass is 32.2. The van der Waals surface area contributed by atoms with E-state index in [1.165, 1.54) is 20.3 Å². The summed E-state index contributed by atoms with van der Waals surface area (Å²) < 4.78 is 31.3. The van der Waals surface area contributed by atoms with E-state index >= 15 is 0 Å². The number of hydrogen-bond acceptors (Lipinski definition) is 5. The molecule has 120 valence electrons. The Hall–Kier alpha value is -1.61. The van der Waals surface area contributed by atoms with Crippen molar-refractivity contribution in [2.75, 3.05) is 14.1 Å². The van der Waals surface area contributed by atoms with Crippen LogP contribution >= 0.6 is 0 Å². The summed E-state index contributed by atoms with van der Waals surface area (Å²) in [6, 6.07) is 0. The summed E-state index contributed by atoms with van der Waals surface area (Å²) in [5.41, 5.74) is -0.156. The van der Waals surface area contributed by atoms with Crippen molar-refractivity contribution in [1.82, 2.24) is 18.6 Å². The molecule has 1 aromatic heterocycles. The molecule has 0 aliphatic carbocycles. The van der Waals surface area contributed by atoms with Crippen LogP contribution in [0.3, 0.4) is 0 Å². The molecule has 0 fully saturated rings. The molecule has 1 amide bonds. The summed E-state index contributed by atoms with van der Waals surface area (Å²) in [6.45, 7) is 6.95. The van der Waals surface area contributed by atoms with Gasteiger partial charge in [0, 0.05) is 20.3 Å². The number of imidazole rings is 1. The first-order valence-corrected chi connectivity index (χ1v) is 7.78. The first kappa shape index (κ1) is 17.4. The van der Waals surface area contributed by atoms with E-state index in [0.717, 1.165) is 8.28 Å². The van der Waals surface area contributed by atoms with Crippen LogP contribution < -0.4 is 5.32 Å². The Kier molecular flexibility index (Phi) is 5.00. The molecule has 1 heterocycles. The average molecular weight is 318 g/mol. The van der Waals surface area contributed by atoms with Crippen LogP contribution in [-0.4, -0.2) is 47.5 Å². The maximum absolute atomic E-state index is 12.0. The van der Waals surface area contributed by atoms with Crippen molar-refractivity contribution >= 4 is 16.3 Å². The highest BCUT2D eigenvalue weighted by molar-refractivity contribution is 7.87. The number of alkyl carbamates (subject to hydrolysis) is 1. The van der Waals surface area contributed by atoms with Gasteiger partial charge < -0.3 is 10.1 Å². The van der Waals surface area contributed by atoms with Gasteiger partial charge in [-0.1, -0.05) is 0 Å². The number of carbonyl (C=O) groups excluding carboxylic acids is 1. The third-order valence-corrected chi connectivity index (χ3v) is 4.20. The smallest absolute Gasteiger partial charge is 0.407 e. The molecule has 0 unspecified atom stereocenters. The van der Waals surface area contributed by atoms with Crippen LogP contribution in [0.2, 0.25) is 0 Å². The molecule has 0 saturated heterocycles. The van der Waals surface area contributed by atoms with Gasteiger partial charge in [-0.2, -0.15) is 12.7 Å². The van der Waals surface area contributed by atoms with Crippen LogP contribution in [0.4, 0.5) is 4.79 Å². The lowest BCUT2D eigenvalue weighted by atomic mass is 10.2. The quantitative estimate of drug-likeness (QED) is 0.889. The van der Waals surface area contributed by atoms with Crippen molar-refractivity contribution < 1.29 is 17.9 Å². The highest BCUT2D eigenvalue weighted by Crippen LogP contribution is 2.10. The van der Waals surface area contributed by atoms with Crippen molar-refractivity contribution in [3.05, 3.63) is 17.7 Å². The van der Waals surface area contributed by atoms with Gasteiger partial charge in [-0.05, 0) is 27.7 Å². The van der Waals surface area contributed by atoms with Gasteiger partial charge in [0.05, 0.1) is 12.2 Å². The zero-order valence-corrected chi connectivity index (χ0v) is 14.0. The number of nitrogens with one attached hydrogen (secondary N) is 1. The van der Waals surface area contributed by atoms with E-state index in [1.54, 1.807) is 27.7 Å². The van der Waals surface area contributed by atoms with Crippen LogP contribution in [0.15, 0.2) is 6.20 Å². The molecule has 0 aliphatic heterocycles. The summed E-state index contributed by atoms with van der Waals surface area (Å²) in [5.74, 6) is 0.324. The van der Waals surface area contributed by atoms with Crippen LogP contribution in [-0.2, 0) is 21.5 Å². The number of nitrogens with zero attached hydrogens (tertiary/aromatic N) is 3. The maximum Gasteiger partial charge on any atom is 0.407 e. The lowest BCUT2D eigenvalue weighted by Gasteiger charge is -2.19. The van der Waals surface area contributed by atoms with E-state index in [-0.39, 0.29) is 6.54 Å². The molecule has 0 aromatic carbocycles. The normalized spacial score (nSPS) is 12.5. The topological polar surface area (TPSA) is 93.5 Å². The first-order valence-electron chi connectivity index (χ1n) is 6.38. The summed E-state index contributed by atoms with van der Waals surface area (Å²) in [7, 11) is -0.735. The van der Waals surface area contributed by atoms with Crippen LogP contribution in [0.25, 0.3) is 0 Å². The van der Waals surface area contributed by atoms with Gasteiger partial charge in [0.2, 0.25) is 0 Å². The molecule has 0 bridgehead atoms. The minimum atomic E-state index is -3.61. The zero-order valence-electron chi connectivity index (χ0n) is 13.2. The van der Waals surface area contributed by atoms with Crippen LogP contribution in [0.5, 0.6) is 0 Å². The van der Waals surface area contributed by atoms with Gasteiger partial charge in [-0.25, -0.2) is 13.8 Å². The molecule has 1 rings (SSSR count). The third kappa shape index (κ3) is 4.71. The Labute approximate surface area is 125 Å². The number of ether oxygens (including phenoxy) is 1. The fourth-order valence-corrected chi connectivity index (χ4v) is 2.47. The molecular formula is C12H22N4O4S. The molecule has 0 spiro atoms. The van der Waals surface area contributed by atoms with Gasteiger partial charge in [-0.15, -0.1) is 0 Å². The Balaban J connectivity index is 2.78. The van der Waals surface area contributed by atoms with Gasteiger partial charge in [0.25, 0.3) is 0 Å². The second-order valence-corrected chi connectivity index (χ2v) is 7.74. The van der Waals surface area contributed by atoms with Crippen LogP contribution in [0.1, 0.15) is 32.3 Å². The summed E-state index contributed by atoms with van der Waals surface area (Å²) >= 11 is 0. The third-order valence-electron chi connectivity index (χ3n) is 2.41. The minimum absolute atomic E-state index is 0.0890. The van der Waals surface area contributed by atoms with Gasteiger partial charge >= 0.3 is 16.3 Å². The first-order chi connectivity index (χ1) is 9.43. The van der Waals surface area contributed by atoms with E-state index in [9.17, 15) is 13.2 Å². The zero-order chi connectivity index (χ0) is 16.4. The molecule has 0 saturated carbocycles. The second-order valence-electron chi connectivity index (χ2n) is 5.72. The lowest BCUT2D eigenvalue weighted by Crippen LogP contribution is -2.32. The number of aromatic nitrogens is 2. The molecule has 0 radical (unpaired) electrons. The minimum Gasteiger partial charge on any atom is -0.444 e. The predicted molar refractivity (Wildman–Crippen MR) is 78.0 cm³/mol. The molecule has 1 aromatic rings. The van der Waals surface area contributed by atoms with E-state index in [2.05, 4.69) is 10.3 Å². The number of carbonyl (C=O) groups is 1. The Morgan fingerprint density at radius 2 is 2.00 bits per heavy atom. The van der Waals surface area contributed by atoms with Gasteiger partial charge in [0.1, 0.15) is 11.4 Å². The van der Waals surface area contributed by atoms with Crippen LogP contribution in [0, 0.1) is 6.92 Å². The van der Waals surface area contributed by atoms with Gasteiger partial charge in [0.15, 0.2) is 0 Å². The lowest BCUT2D eigenvalue weighted by molar-refractivity contribution is 0.0523. The maximum atomic E-state index is 12.0. The van der Waals surface area contributed by atoms with Crippen molar-refractivity contribution in [1.29, 1.82) is 0 Å². The highest BCUT2D eigenvalue weighted by Gasteiger charge is 2.20. The molecular weight excluding hydrogens is 296 g/mol. The molecule has 0 atom stereocenters. The molecule has 9 heteroatoms. The average Bonchev–Trinajstić information content (AvgIpc) is 2.66. The number of aryl methyl sites for hydroxylation is 1. The molecule has 1 N–H and O–H groups in total.